The third-order valence-electron chi connectivity index (χ3n) is 4.95. The molecular formula is C21H22N6O3S2. The van der Waals surface area contributed by atoms with Crippen molar-refractivity contribution >= 4 is 33.8 Å². The normalized spacial score (nSPS) is 15.3. The van der Waals surface area contributed by atoms with Gasteiger partial charge in [0.2, 0.25) is 21.1 Å². The minimum atomic E-state index is -3.53. The second-order valence-corrected chi connectivity index (χ2v) is 9.80. The highest BCUT2D eigenvalue weighted by molar-refractivity contribution is 7.99. The Labute approximate surface area is 190 Å². The van der Waals surface area contributed by atoms with Gasteiger partial charge in [0.15, 0.2) is 0 Å². The molecule has 1 fully saturated rings. The fourth-order valence-electron chi connectivity index (χ4n) is 3.22. The molecule has 0 aliphatic carbocycles. The molecule has 2 aromatic carbocycles. The summed E-state index contributed by atoms with van der Waals surface area (Å²) in [5.74, 6) is 0.0999. The van der Waals surface area contributed by atoms with Crippen LogP contribution < -0.4 is 0 Å². The summed E-state index contributed by atoms with van der Waals surface area (Å²) in [6.45, 7) is 1.22. The molecular weight excluding hydrogens is 448 g/mol. The molecule has 1 aliphatic heterocycles. The maximum absolute atomic E-state index is 12.7. The fraction of sp³-hybridized carbons (Fsp3) is 0.238. The number of aromatic nitrogens is 4. The van der Waals surface area contributed by atoms with Gasteiger partial charge in [-0.1, -0.05) is 60.3 Å². The second-order valence-electron chi connectivity index (χ2n) is 7.04. The number of hydrogen-bond acceptors (Lipinski definition) is 7. The molecule has 9 nitrogen and oxygen atoms in total. The van der Waals surface area contributed by atoms with E-state index in [1.54, 1.807) is 15.7 Å². The molecule has 0 radical (unpaired) electrons. The molecule has 0 saturated carbocycles. The van der Waals surface area contributed by atoms with E-state index >= 15 is 0 Å². The molecule has 0 bridgehead atoms. The van der Waals surface area contributed by atoms with E-state index in [4.69, 9.17) is 0 Å². The molecule has 0 spiro atoms. The standard InChI is InChI=1S/C21H22N6O3S2/c28-20(17-31-21-22-23-24-27(21)19-9-5-2-6-10-19)25-12-14-26(15-13-25)32(29,30)16-11-18-7-3-1-4-8-18/h1-11,16H,12-15,17H2. The van der Waals surface area contributed by atoms with Crippen LogP contribution in [0.4, 0.5) is 0 Å². The van der Waals surface area contributed by atoms with Gasteiger partial charge in [0.05, 0.1) is 11.4 Å². The molecule has 1 aromatic heterocycles. The summed E-state index contributed by atoms with van der Waals surface area (Å²) in [6, 6.07) is 18.7. The molecule has 1 amide bonds. The number of rotatable bonds is 7. The predicted molar refractivity (Wildman–Crippen MR) is 122 cm³/mol. The van der Waals surface area contributed by atoms with Gasteiger partial charge >= 0.3 is 0 Å². The summed E-state index contributed by atoms with van der Waals surface area (Å²) < 4.78 is 28.2. The molecule has 3 aromatic rings. The van der Waals surface area contributed by atoms with Gasteiger partial charge in [-0.2, -0.15) is 8.99 Å². The van der Waals surface area contributed by atoms with Gasteiger partial charge in [-0.05, 0) is 34.2 Å². The number of benzene rings is 2. The summed E-state index contributed by atoms with van der Waals surface area (Å²) in [7, 11) is -3.53. The number of hydrogen-bond donors (Lipinski definition) is 0. The van der Waals surface area contributed by atoms with E-state index in [-0.39, 0.29) is 24.7 Å². The van der Waals surface area contributed by atoms with Crippen molar-refractivity contribution < 1.29 is 13.2 Å². The smallest absolute Gasteiger partial charge is 0.236 e. The Bertz CT molecular complexity index is 1170. The number of thioether (sulfide) groups is 1. The highest BCUT2D eigenvalue weighted by Gasteiger charge is 2.27. The number of carbonyl (C=O) groups is 1. The highest BCUT2D eigenvalue weighted by Crippen LogP contribution is 2.19. The number of amides is 1. The first-order valence-electron chi connectivity index (χ1n) is 10.0. The monoisotopic (exact) mass is 470 g/mol. The van der Waals surface area contributed by atoms with Crippen molar-refractivity contribution in [1.29, 1.82) is 0 Å². The number of sulfonamides is 1. The number of piperazine rings is 1. The van der Waals surface area contributed by atoms with E-state index in [1.807, 2.05) is 60.7 Å². The Morgan fingerprint density at radius 1 is 0.969 bits per heavy atom. The Morgan fingerprint density at radius 2 is 1.62 bits per heavy atom. The first-order valence-corrected chi connectivity index (χ1v) is 12.5. The SMILES string of the molecule is O=C(CSc1nnnn1-c1ccccc1)N1CCN(S(=O)(=O)C=Cc2ccccc2)CC1. The van der Waals surface area contributed by atoms with Crippen molar-refractivity contribution in [2.75, 3.05) is 31.9 Å². The number of tetrazole rings is 1. The minimum absolute atomic E-state index is 0.0745. The third kappa shape index (κ3) is 5.42. The van der Waals surface area contributed by atoms with Gasteiger partial charge in [0.1, 0.15) is 0 Å². The lowest BCUT2D eigenvalue weighted by Crippen LogP contribution is -2.50. The van der Waals surface area contributed by atoms with Crippen LogP contribution in [0.5, 0.6) is 0 Å². The molecule has 1 saturated heterocycles. The predicted octanol–water partition coefficient (Wildman–Crippen LogP) is 1.90. The van der Waals surface area contributed by atoms with Crippen LogP contribution in [0.2, 0.25) is 0 Å². The van der Waals surface area contributed by atoms with Crippen LogP contribution in [-0.4, -0.2) is 75.7 Å². The summed E-state index contributed by atoms with van der Waals surface area (Å²) in [5.41, 5.74) is 1.63. The van der Waals surface area contributed by atoms with E-state index in [0.29, 0.717) is 18.2 Å². The Kier molecular flexibility index (Phi) is 6.98. The van der Waals surface area contributed by atoms with E-state index in [1.165, 1.54) is 21.5 Å². The molecule has 1 aliphatic rings. The lowest BCUT2D eigenvalue weighted by atomic mass is 10.2. The van der Waals surface area contributed by atoms with Crippen LogP contribution in [0.25, 0.3) is 11.8 Å². The first kappa shape index (κ1) is 22.2. The van der Waals surface area contributed by atoms with Crippen LogP contribution in [0.15, 0.2) is 71.2 Å². The zero-order valence-electron chi connectivity index (χ0n) is 17.2. The molecule has 32 heavy (non-hydrogen) atoms. The van der Waals surface area contributed by atoms with Crippen molar-refractivity contribution in [3.8, 4) is 5.69 Å². The third-order valence-corrected chi connectivity index (χ3v) is 7.42. The summed E-state index contributed by atoms with van der Waals surface area (Å²) in [6.07, 6.45) is 1.58. The van der Waals surface area contributed by atoms with E-state index in [9.17, 15) is 13.2 Å². The number of nitrogens with zero attached hydrogens (tertiary/aromatic N) is 6. The molecule has 0 atom stereocenters. The van der Waals surface area contributed by atoms with Crippen molar-refractivity contribution in [1.82, 2.24) is 29.4 Å². The van der Waals surface area contributed by atoms with Crippen LogP contribution in [0, 0.1) is 0 Å². The first-order chi connectivity index (χ1) is 15.5. The van der Waals surface area contributed by atoms with Crippen molar-refractivity contribution in [2.24, 2.45) is 0 Å². The molecule has 11 heteroatoms. The minimum Gasteiger partial charge on any atom is -0.339 e. The maximum Gasteiger partial charge on any atom is 0.236 e. The summed E-state index contributed by atoms with van der Waals surface area (Å²) in [5, 5.41) is 13.4. The van der Waals surface area contributed by atoms with Gasteiger partial charge < -0.3 is 4.90 Å². The second kappa shape index (κ2) is 10.1. The molecule has 4 rings (SSSR count). The van der Waals surface area contributed by atoms with Gasteiger partial charge in [0, 0.05) is 31.6 Å². The zero-order valence-corrected chi connectivity index (χ0v) is 18.8. The van der Waals surface area contributed by atoms with Gasteiger partial charge in [-0.15, -0.1) is 5.10 Å². The van der Waals surface area contributed by atoms with E-state index in [0.717, 1.165) is 11.3 Å². The van der Waals surface area contributed by atoms with Gasteiger partial charge in [-0.25, -0.2) is 8.42 Å². The lowest BCUT2D eigenvalue weighted by molar-refractivity contribution is -0.129. The van der Waals surface area contributed by atoms with Crippen LogP contribution in [-0.2, 0) is 14.8 Å². The summed E-state index contributed by atoms with van der Waals surface area (Å²) in [4.78, 5) is 14.3. The van der Waals surface area contributed by atoms with E-state index < -0.39 is 10.0 Å². The van der Waals surface area contributed by atoms with Gasteiger partial charge in [0.25, 0.3) is 0 Å². The Hall–Kier alpha value is -3.02. The quantitative estimate of drug-likeness (QED) is 0.486. The maximum atomic E-state index is 12.7. The zero-order chi connectivity index (χ0) is 22.4. The van der Waals surface area contributed by atoms with Crippen LogP contribution in [0.1, 0.15) is 5.56 Å². The Morgan fingerprint density at radius 3 is 2.31 bits per heavy atom. The van der Waals surface area contributed by atoms with Crippen molar-refractivity contribution in [3.05, 3.63) is 71.6 Å². The number of carbonyl (C=O) groups excluding carboxylic acids is 1. The molecule has 0 unspecified atom stereocenters. The fourth-order valence-corrected chi connectivity index (χ4v) is 5.19. The lowest BCUT2D eigenvalue weighted by Gasteiger charge is -2.33. The molecule has 2 heterocycles. The highest BCUT2D eigenvalue weighted by atomic mass is 32.2. The topological polar surface area (TPSA) is 101 Å². The van der Waals surface area contributed by atoms with Crippen molar-refractivity contribution in [3.63, 3.8) is 0 Å². The largest absolute Gasteiger partial charge is 0.339 e. The molecule has 166 valence electrons. The van der Waals surface area contributed by atoms with Gasteiger partial charge in [-0.3, -0.25) is 4.79 Å². The van der Waals surface area contributed by atoms with Crippen LogP contribution in [0.3, 0.4) is 0 Å². The van der Waals surface area contributed by atoms with E-state index in [2.05, 4.69) is 15.5 Å². The number of para-hydroxylation sites is 1. The molecule has 0 N–H and O–H groups in total. The Balaban J connectivity index is 1.30. The van der Waals surface area contributed by atoms with Crippen molar-refractivity contribution in [2.45, 2.75) is 5.16 Å². The summed E-state index contributed by atoms with van der Waals surface area (Å²) >= 11 is 1.26. The average molecular weight is 471 g/mol. The van der Waals surface area contributed by atoms with Crippen LogP contribution >= 0.6 is 11.8 Å². The average Bonchev–Trinajstić information content (AvgIpc) is 3.31.